The molecule has 1 aromatic heterocycles. The number of nitrogens with one attached hydrogen (secondary N) is 1. The summed E-state index contributed by atoms with van der Waals surface area (Å²) in [6.07, 6.45) is 3.55. The van der Waals surface area contributed by atoms with Crippen molar-refractivity contribution in [3.05, 3.63) is 89.2 Å². The fourth-order valence-corrected chi connectivity index (χ4v) is 2.94. The van der Waals surface area contributed by atoms with Crippen LogP contribution in [0.5, 0.6) is 11.5 Å². The Balaban J connectivity index is 1.58. The second-order valence-corrected chi connectivity index (χ2v) is 6.49. The number of benzene rings is 2. The third-order valence-corrected chi connectivity index (χ3v) is 4.31. The van der Waals surface area contributed by atoms with E-state index in [2.05, 4.69) is 34.6 Å². The Morgan fingerprint density at radius 3 is 2.32 bits per heavy atom. The van der Waals surface area contributed by atoms with Gasteiger partial charge in [-0.05, 0) is 34.9 Å². The Hall–Kier alpha value is -2.89. The molecule has 0 aliphatic carbocycles. The van der Waals surface area contributed by atoms with Crippen LogP contribution < -0.4 is 14.8 Å². The maximum Gasteiger partial charge on any atom is 0.161 e. The predicted octanol–water partition coefficient (Wildman–Crippen LogP) is 4.11. The lowest BCUT2D eigenvalue weighted by molar-refractivity contribution is 0.185. The number of rotatable bonds is 10. The van der Waals surface area contributed by atoms with E-state index in [9.17, 15) is 0 Å². The zero-order chi connectivity index (χ0) is 19.6. The maximum atomic E-state index is 5.96. The summed E-state index contributed by atoms with van der Waals surface area (Å²) < 4.78 is 16.6. The number of ether oxygens (including phenoxy) is 3. The van der Waals surface area contributed by atoms with Gasteiger partial charge in [-0.3, -0.25) is 4.98 Å². The van der Waals surface area contributed by atoms with Gasteiger partial charge in [0.05, 0.1) is 13.7 Å². The Kier molecular flexibility index (Phi) is 7.41. The molecule has 0 aliphatic rings. The molecule has 0 spiro atoms. The molecule has 3 rings (SSSR count). The van der Waals surface area contributed by atoms with Crippen LogP contribution in [0, 0.1) is 0 Å². The van der Waals surface area contributed by atoms with Crippen LogP contribution in [0.4, 0.5) is 0 Å². The Morgan fingerprint density at radius 1 is 0.786 bits per heavy atom. The highest BCUT2D eigenvalue weighted by atomic mass is 16.5. The van der Waals surface area contributed by atoms with Gasteiger partial charge in [-0.1, -0.05) is 36.4 Å². The van der Waals surface area contributed by atoms with Gasteiger partial charge in [-0.15, -0.1) is 0 Å². The quantitative estimate of drug-likeness (QED) is 0.575. The van der Waals surface area contributed by atoms with Crippen molar-refractivity contribution < 1.29 is 14.2 Å². The van der Waals surface area contributed by atoms with Crippen LogP contribution in [0.1, 0.15) is 22.3 Å². The highest BCUT2D eigenvalue weighted by Gasteiger charge is 2.07. The van der Waals surface area contributed by atoms with E-state index in [1.54, 1.807) is 26.6 Å². The lowest BCUT2D eigenvalue weighted by Crippen LogP contribution is -2.13. The summed E-state index contributed by atoms with van der Waals surface area (Å²) in [5.74, 6) is 1.45. The van der Waals surface area contributed by atoms with Crippen molar-refractivity contribution in [2.24, 2.45) is 0 Å². The Labute approximate surface area is 166 Å². The zero-order valence-corrected chi connectivity index (χ0v) is 16.4. The highest BCUT2D eigenvalue weighted by molar-refractivity contribution is 5.43. The summed E-state index contributed by atoms with van der Waals surface area (Å²) in [5, 5.41) is 3.48. The largest absolute Gasteiger partial charge is 0.493 e. The lowest BCUT2D eigenvalue weighted by atomic mass is 10.1. The average molecular weight is 378 g/mol. The Bertz CT molecular complexity index is 869. The van der Waals surface area contributed by atoms with Crippen molar-refractivity contribution in [1.29, 1.82) is 0 Å². The van der Waals surface area contributed by atoms with Crippen molar-refractivity contribution >= 4 is 0 Å². The number of nitrogens with zero attached hydrogens (tertiary/aromatic N) is 1. The van der Waals surface area contributed by atoms with Crippen molar-refractivity contribution in [2.45, 2.75) is 26.3 Å². The monoisotopic (exact) mass is 378 g/mol. The molecule has 0 aliphatic heterocycles. The third kappa shape index (κ3) is 5.81. The van der Waals surface area contributed by atoms with Crippen molar-refractivity contribution in [2.75, 3.05) is 14.2 Å². The van der Waals surface area contributed by atoms with Gasteiger partial charge in [0.25, 0.3) is 0 Å². The molecular weight excluding hydrogens is 352 g/mol. The first-order valence-corrected chi connectivity index (χ1v) is 9.24. The van der Waals surface area contributed by atoms with Gasteiger partial charge >= 0.3 is 0 Å². The van der Waals surface area contributed by atoms with Crippen molar-refractivity contribution in [3.8, 4) is 11.5 Å². The molecule has 0 saturated heterocycles. The minimum atomic E-state index is 0.452. The van der Waals surface area contributed by atoms with E-state index in [-0.39, 0.29) is 0 Å². The summed E-state index contributed by atoms with van der Waals surface area (Å²) in [5.41, 5.74) is 4.56. The smallest absolute Gasteiger partial charge is 0.161 e. The number of pyridine rings is 1. The molecular formula is C23H26N2O3. The van der Waals surface area contributed by atoms with Gasteiger partial charge in [0.1, 0.15) is 6.61 Å². The van der Waals surface area contributed by atoms with Gasteiger partial charge in [-0.25, -0.2) is 0 Å². The Morgan fingerprint density at radius 2 is 1.57 bits per heavy atom. The first-order chi connectivity index (χ1) is 13.8. The van der Waals surface area contributed by atoms with E-state index in [1.165, 1.54) is 11.1 Å². The number of aromatic nitrogens is 1. The van der Waals surface area contributed by atoms with E-state index < -0.39 is 0 Å². The molecule has 1 heterocycles. The maximum absolute atomic E-state index is 5.96. The topological polar surface area (TPSA) is 52.6 Å². The first kappa shape index (κ1) is 19.9. The van der Waals surface area contributed by atoms with E-state index in [0.717, 1.165) is 35.7 Å². The van der Waals surface area contributed by atoms with Crippen LogP contribution in [0.15, 0.2) is 67.0 Å². The molecule has 5 nitrogen and oxygen atoms in total. The van der Waals surface area contributed by atoms with E-state index >= 15 is 0 Å². The fourth-order valence-electron chi connectivity index (χ4n) is 2.94. The normalized spacial score (nSPS) is 10.6. The molecule has 2 aromatic carbocycles. The van der Waals surface area contributed by atoms with Gasteiger partial charge in [-0.2, -0.15) is 0 Å². The third-order valence-electron chi connectivity index (χ3n) is 4.31. The SMILES string of the molecule is COCc1cccc(CNCc2ccc(OC)c(OCc3cccnc3)c2)c1. The van der Waals surface area contributed by atoms with Gasteiger partial charge < -0.3 is 19.5 Å². The molecule has 5 heteroatoms. The molecule has 28 heavy (non-hydrogen) atoms. The minimum absolute atomic E-state index is 0.452. The molecule has 1 N–H and O–H groups in total. The van der Waals surface area contributed by atoms with Gasteiger partial charge in [0.15, 0.2) is 11.5 Å². The van der Waals surface area contributed by atoms with Crippen molar-refractivity contribution in [1.82, 2.24) is 10.3 Å². The highest BCUT2D eigenvalue weighted by Crippen LogP contribution is 2.28. The molecule has 0 unspecified atom stereocenters. The fraction of sp³-hybridized carbons (Fsp3) is 0.261. The van der Waals surface area contributed by atoms with Crippen LogP contribution in [0.3, 0.4) is 0 Å². The molecule has 0 amide bonds. The standard InChI is InChI=1S/C23H26N2O3/c1-26-16-20-6-3-5-18(11-20)13-25-14-19-8-9-22(27-2)23(12-19)28-17-21-7-4-10-24-15-21/h3-12,15,25H,13-14,16-17H2,1-2H3. The molecule has 0 bridgehead atoms. The molecule has 0 saturated carbocycles. The van der Waals surface area contributed by atoms with E-state index in [1.807, 2.05) is 30.3 Å². The average Bonchev–Trinajstić information content (AvgIpc) is 2.74. The zero-order valence-electron chi connectivity index (χ0n) is 16.4. The number of hydrogen-bond acceptors (Lipinski definition) is 5. The van der Waals surface area contributed by atoms with Crippen molar-refractivity contribution in [3.63, 3.8) is 0 Å². The minimum Gasteiger partial charge on any atom is -0.493 e. The summed E-state index contributed by atoms with van der Waals surface area (Å²) in [6.45, 7) is 2.61. The van der Waals surface area contributed by atoms with Gasteiger partial charge in [0.2, 0.25) is 0 Å². The predicted molar refractivity (Wildman–Crippen MR) is 109 cm³/mol. The van der Waals surface area contributed by atoms with Crippen LogP contribution in [0.25, 0.3) is 0 Å². The summed E-state index contributed by atoms with van der Waals surface area (Å²) in [7, 11) is 3.36. The summed E-state index contributed by atoms with van der Waals surface area (Å²) in [4.78, 5) is 4.12. The van der Waals surface area contributed by atoms with Crippen LogP contribution >= 0.6 is 0 Å². The number of methoxy groups -OCH3 is 2. The van der Waals surface area contributed by atoms with Crippen LogP contribution in [-0.4, -0.2) is 19.2 Å². The summed E-state index contributed by atoms with van der Waals surface area (Å²) in [6, 6.07) is 18.3. The molecule has 0 fully saturated rings. The summed E-state index contributed by atoms with van der Waals surface area (Å²) >= 11 is 0. The molecule has 3 aromatic rings. The molecule has 0 atom stereocenters. The second kappa shape index (κ2) is 10.4. The molecule has 0 radical (unpaired) electrons. The first-order valence-electron chi connectivity index (χ1n) is 9.24. The lowest BCUT2D eigenvalue weighted by Gasteiger charge is -2.13. The van der Waals surface area contributed by atoms with Gasteiger partial charge in [0, 0.05) is 38.2 Å². The van der Waals surface area contributed by atoms with Crippen LogP contribution in [0.2, 0.25) is 0 Å². The van der Waals surface area contributed by atoms with E-state index in [0.29, 0.717) is 13.2 Å². The van der Waals surface area contributed by atoms with E-state index in [4.69, 9.17) is 14.2 Å². The number of hydrogen-bond donors (Lipinski definition) is 1. The van der Waals surface area contributed by atoms with Crippen LogP contribution in [-0.2, 0) is 31.0 Å². The molecule has 146 valence electrons. The second-order valence-electron chi connectivity index (χ2n) is 6.49.